The molecule has 2 aromatic carbocycles. The molecule has 1 aromatic heterocycles. The number of nitrogens with zero attached hydrogens (tertiary/aromatic N) is 3. The van der Waals surface area contributed by atoms with Gasteiger partial charge in [0.1, 0.15) is 0 Å². The highest BCUT2D eigenvalue weighted by Gasteiger charge is 2.32. The predicted octanol–water partition coefficient (Wildman–Crippen LogP) is 5.00. The molecule has 0 atom stereocenters. The Balaban J connectivity index is 1.99. The van der Waals surface area contributed by atoms with Gasteiger partial charge in [-0.1, -0.05) is 76.7 Å². The normalized spacial score (nSPS) is 11.4. The predicted molar refractivity (Wildman–Crippen MR) is 100 cm³/mol. The van der Waals surface area contributed by atoms with Gasteiger partial charge in [-0.3, -0.25) is 4.79 Å². The zero-order valence-corrected chi connectivity index (χ0v) is 15.5. The van der Waals surface area contributed by atoms with Crippen molar-refractivity contribution in [3.8, 4) is 5.69 Å². The van der Waals surface area contributed by atoms with Gasteiger partial charge in [-0.05, 0) is 24.3 Å². The van der Waals surface area contributed by atoms with Crippen LogP contribution in [0.3, 0.4) is 0 Å². The maximum absolute atomic E-state index is 12.5. The van der Waals surface area contributed by atoms with Gasteiger partial charge in [0.05, 0.1) is 16.4 Å². The van der Waals surface area contributed by atoms with Crippen LogP contribution in [0.5, 0.6) is 0 Å². The first-order valence-electron chi connectivity index (χ1n) is 7.02. The molecule has 0 aliphatic rings. The van der Waals surface area contributed by atoms with Crippen LogP contribution in [0.2, 0.25) is 5.02 Å². The minimum Gasteiger partial charge on any atom is -0.318 e. The number of hydrogen-bond acceptors (Lipinski definition) is 3. The minimum atomic E-state index is -1.86. The second-order valence-electron chi connectivity index (χ2n) is 4.94. The topological polar surface area (TPSA) is 59.8 Å². The summed E-state index contributed by atoms with van der Waals surface area (Å²) in [7, 11) is 0. The SMILES string of the molecule is O=C(Nc1ccccc1Cl)c1nc(C(Cl)(Cl)Cl)n(-c2ccccc2)n1. The van der Waals surface area contributed by atoms with Crippen molar-refractivity contribution in [1.82, 2.24) is 14.8 Å². The number of carbonyl (C=O) groups is 1. The lowest BCUT2D eigenvalue weighted by atomic mass is 10.3. The summed E-state index contributed by atoms with van der Waals surface area (Å²) in [4.78, 5) is 16.5. The van der Waals surface area contributed by atoms with Gasteiger partial charge in [0.2, 0.25) is 9.62 Å². The molecule has 3 aromatic rings. The lowest BCUT2D eigenvalue weighted by molar-refractivity contribution is 0.101. The van der Waals surface area contributed by atoms with Crippen molar-refractivity contribution in [1.29, 1.82) is 0 Å². The van der Waals surface area contributed by atoms with Crippen molar-refractivity contribution in [3.05, 3.63) is 71.3 Å². The number of nitrogens with one attached hydrogen (secondary N) is 1. The Morgan fingerprint density at radius 1 is 1.00 bits per heavy atom. The first kappa shape index (κ1) is 18.0. The second-order valence-corrected chi connectivity index (χ2v) is 7.63. The van der Waals surface area contributed by atoms with E-state index < -0.39 is 9.70 Å². The van der Waals surface area contributed by atoms with Crippen LogP contribution in [0.4, 0.5) is 5.69 Å². The van der Waals surface area contributed by atoms with Crippen molar-refractivity contribution >= 4 is 58.0 Å². The van der Waals surface area contributed by atoms with Crippen LogP contribution in [0, 0.1) is 0 Å². The number of halogens is 4. The highest BCUT2D eigenvalue weighted by molar-refractivity contribution is 6.66. The van der Waals surface area contributed by atoms with Crippen LogP contribution in [0.25, 0.3) is 5.69 Å². The Morgan fingerprint density at radius 2 is 1.64 bits per heavy atom. The van der Waals surface area contributed by atoms with Crippen molar-refractivity contribution in [2.24, 2.45) is 0 Å². The number of alkyl halides is 3. The summed E-state index contributed by atoms with van der Waals surface area (Å²) in [6, 6.07) is 15.7. The van der Waals surface area contributed by atoms with Crippen LogP contribution in [-0.2, 0) is 3.79 Å². The lowest BCUT2D eigenvalue weighted by Crippen LogP contribution is -2.14. The Labute approximate surface area is 163 Å². The average molecular weight is 416 g/mol. The van der Waals surface area contributed by atoms with Crippen LogP contribution in [0.1, 0.15) is 16.4 Å². The summed E-state index contributed by atoms with van der Waals surface area (Å²) < 4.78 is -0.541. The van der Waals surface area contributed by atoms with Crippen molar-refractivity contribution < 1.29 is 4.79 Å². The van der Waals surface area contributed by atoms with Gasteiger partial charge in [0.15, 0.2) is 5.82 Å². The second kappa shape index (κ2) is 7.22. The Hall–Kier alpha value is -1.79. The molecule has 1 heterocycles. The highest BCUT2D eigenvalue weighted by atomic mass is 35.6. The van der Waals surface area contributed by atoms with E-state index >= 15 is 0 Å². The van der Waals surface area contributed by atoms with Gasteiger partial charge >= 0.3 is 0 Å². The molecule has 0 unspecified atom stereocenters. The number of amides is 1. The first-order valence-corrected chi connectivity index (χ1v) is 8.53. The van der Waals surface area contributed by atoms with Crippen LogP contribution in [0.15, 0.2) is 54.6 Å². The number of benzene rings is 2. The lowest BCUT2D eigenvalue weighted by Gasteiger charge is -2.11. The standard InChI is InChI=1S/C16H10Cl4N4O/c17-11-8-4-5-9-12(11)21-14(25)13-22-15(16(18,19)20)24(23-13)10-6-2-1-3-7-10/h1-9H,(H,21,25). The molecule has 0 fully saturated rings. The summed E-state index contributed by atoms with van der Waals surface area (Å²) in [5.41, 5.74) is 1.04. The molecule has 0 aliphatic carbocycles. The number of carbonyl (C=O) groups excluding carboxylic acids is 1. The van der Waals surface area contributed by atoms with Gasteiger partial charge in [0.25, 0.3) is 5.91 Å². The van der Waals surface area contributed by atoms with Crippen molar-refractivity contribution in [2.45, 2.75) is 3.79 Å². The Kier molecular flexibility index (Phi) is 5.20. The third-order valence-electron chi connectivity index (χ3n) is 3.19. The van der Waals surface area contributed by atoms with E-state index in [4.69, 9.17) is 46.4 Å². The molecule has 25 heavy (non-hydrogen) atoms. The van der Waals surface area contributed by atoms with E-state index in [0.29, 0.717) is 16.4 Å². The van der Waals surface area contributed by atoms with E-state index in [-0.39, 0.29) is 11.6 Å². The molecular formula is C16H10Cl4N4O. The number of anilines is 1. The molecule has 0 radical (unpaired) electrons. The van der Waals surface area contributed by atoms with Gasteiger partial charge in [-0.15, -0.1) is 5.10 Å². The minimum absolute atomic E-state index is 0.00742. The summed E-state index contributed by atoms with van der Waals surface area (Å²) >= 11 is 24.0. The maximum Gasteiger partial charge on any atom is 0.295 e. The molecule has 1 amide bonds. The maximum atomic E-state index is 12.5. The Morgan fingerprint density at radius 3 is 2.28 bits per heavy atom. The molecule has 0 bridgehead atoms. The van der Waals surface area contributed by atoms with E-state index in [1.54, 1.807) is 48.5 Å². The highest BCUT2D eigenvalue weighted by Crippen LogP contribution is 2.38. The summed E-state index contributed by atoms with van der Waals surface area (Å²) in [5, 5.41) is 7.19. The van der Waals surface area contributed by atoms with E-state index in [9.17, 15) is 4.79 Å². The van der Waals surface area contributed by atoms with Crippen molar-refractivity contribution in [2.75, 3.05) is 5.32 Å². The fourth-order valence-electron chi connectivity index (χ4n) is 2.08. The van der Waals surface area contributed by atoms with Gasteiger partial charge in [-0.2, -0.15) is 0 Å². The smallest absolute Gasteiger partial charge is 0.295 e. The molecular weight excluding hydrogens is 406 g/mol. The largest absolute Gasteiger partial charge is 0.318 e. The van der Waals surface area contributed by atoms with Crippen molar-refractivity contribution in [3.63, 3.8) is 0 Å². The van der Waals surface area contributed by atoms with Gasteiger partial charge in [-0.25, -0.2) is 9.67 Å². The molecule has 0 spiro atoms. The van der Waals surface area contributed by atoms with E-state index in [1.807, 2.05) is 6.07 Å². The number of para-hydroxylation sites is 2. The Bertz CT molecular complexity index is 906. The monoisotopic (exact) mass is 414 g/mol. The van der Waals surface area contributed by atoms with E-state index in [1.165, 1.54) is 4.68 Å². The van der Waals surface area contributed by atoms with Gasteiger partial charge in [0, 0.05) is 0 Å². The van der Waals surface area contributed by atoms with Crippen LogP contribution in [-0.4, -0.2) is 20.7 Å². The zero-order valence-electron chi connectivity index (χ0n) is 12.5. The number of rotatable bonds is 3. The molecule has 0 saturated carbocycles. The fraction of sp³-hybridized carbons (Fsp3) is 0.0625. The zero-order chi connectivity index (χ0) is 18.0. The summed E-state index contributed by atoms with van der Waals surface area (Å²) in [5.74, 6) is -0.712. The molecule has 9 heteroatoms. The molecule has 3 rings (SSSR count). The number of hydrogen-bond donors (Lipinski definition) is 1. The molecule has 0 aliphatic heterocycles. The number of aromatic nitrogens is 3. The molecule has 0 saturated heterocycles. The van der Waals surface area contributed by atoms with E-state index in [0.717, 1.165) is 0 Å². The fourth-order valence-corrected chi connectivity index (χ4v) is 2.63. The van der Waals surface area contributed by atoms with E-state index in [2.05, 4.69) is 15.4 Å². The quantitative estimate of drug-likeness (QED) is 0.612. The molecule has 1 N–H and O–H groups in total. The summed E-state index contributed by atoms with van der Waals surface area (Å²) in [6.45, 7) is 0. The molecule has 128 valence electrons. The van der Waals surface area contributed by atoms with Crippen LogP contribution >= 0.6 is 46.4 Å². The van der Waals surface area contributed by atoms with Gasteiger partial charge < -0.3 is 5.32 Å². The third-order valence-corrected chi connectivity index (χ3v) is 4.02. The van der Waals surface area contributed by atoms with Crippen LogP contribution < -0.4 is 5.32 Å². The third kappa shape index (κ3) is 4.07. The summed E-state index contributed by atoms with van der Waals surface area (Å²) in [6.07, 6.45) is 0. The average Bonchev–Trinajstić information content (AvgIpc) is 3.03. The molecule has 5 nitrogen and oxygen atoms in total. The first-order chi connectivity index (χ1) is 11.9.